The maximum absolute atomic E-state index is 11.7. The summed E-state index contributed by atoms with van der Waals surface area (Å²) in [7, 11) is 0. The number of halogens is 1. The third-order valence-corrected chi connectivity index (χ3v) is 2.82. The molecule has 5 nitrogen and oxygen atoms in total. The van der Waals surface area contributed by atoms with Gasteiger partial charge in [-0.15, -0.1) is 0 Å². The Morgan fingerprint density at radius 3 is 2.71 bits per heavy atom. The number of benzene rings is 1. The largest absolute Gasteiger partial charge is 0.480 e. The molecule has 1 aromatic rings. The van der Waals surface area contributed by atoms with Crippen molar-refractivity contribution in [3.05, 3.63) is 33.4 Å². The topological polar surface area (TPSA) is 75.6 Å². The number of carboxylic acids is 1. The zero-order valence-corrected chi connectivity index (χ0v) is 11.1. The smallest absolute Gasteiger partial charge is 0.329 e. The molecule has 0 saturated carbocycles. The fourth-order valence-electron chi connectivity index (χ4n) is 1.14. The van der Waals surface area contributed by atoms with Gasteiger partial charge in [0.25, 0.3) is 5.91 Å². The number of hydrogen-bond acceptors (Lipinski definition) is 3. The quantitative estimate of drug-likeness (QED) is 0.596. The molecule has 92 valence electrons. The van der Waals surface area contributed by atoms with Crippen LogP contribution in [0.15, 0.2) is 24.3 Å². The Hall–Kier alpha value is -1.15. The Bertz CT molecular complexity index is 408. The normalized spacial score (nSPS) is 9.94. The van der Waals surface area contributed by atoms with Crippen LogP contribution in [0.1, 0.15) is 10.4 Å². The highest BCUT2D eigenvalue weighted by molar-refractivity contribution is 14.1. The number of amides is 1. The highest BCUT2D eigenvalue weighted by Gasteiger charge is 2.07. The third kappa shape index (κ3) is 5.14. The van der Waals surface area contributed by atoms with Crippen LogP contribution in [-0.2, 0) is 9.53 Å². The van der Waals surface area contributed by atoms with E-state index in [2.05, 4.69) is 27.9 Å². The van der Waals surface area contributed by atoms with Gasteiger partial charge in [-0.2, -0.15) is 0 Å². The molecule has 1 rings (SSSR count). The maximum Gasteiger partial charge on any atom is 0.329 e. The second-order valence-electron chi connectivity index (χ2n) is 3.18. The summed E-state index contributed by atoms with van der Waals surface area (Å²) in [6.07, 6.45) is 0. The summed E-state index contributed by atoms with van der Waals surface area (Å²) in [6, 6.07) is 7.22. The van der Waals surface area contributed by atoms with Crippen molar-refractivity contribution in [3.63, 3.8) is 0 Å². The molecule has 0 aliphatic carbocycles. The minimum atomic E-state index is -1.02. The van der Waals surface area contributed by atoms with Crippen molar-refractivity contribution in [2.75, 3.05) is 19.8 Å². The molecule has 0 radical (unpaired) electrons. The van der Waals surface area contributed by atoms with Crippen LogP contribution < -0.4 is 5.32 Å². The van der Waals surface area contributed by atoms with Crippen molar-refractivity contribution in [2.45, 2.75) is 0 Å². The van der Waals surface area contributed by atoms with E-state index in [4.69, 9.17) is 9.84 Å². The molecule has 0 aromatic heterocycles. The zero-order valence-electron chi connectivity index (χ0n) is 8.98. The molecule has 0 fully saturated rings. The van der Waals surface area contributed by atoms with Gasteiger partial charge in [0.15, 0.2) is 0 Å². The molecule has 0 saturated heterocycles. The summed E-state index contributed by atoms with van der Waals surface area (Å²) in [6.45, 7) is 0.122. The Morgan fingerprint density at radius 1 is 1.35 bits per heavy atom. The zero-order chi connectivity index (χ0) is 12.7. The van der Waals surface area contributed by atoms with Crippen molar-refractivity contribution >= 4 is 34.5 Å². The fourth-order valence-corrected chi connectivity index (χ4v) is 1.77. The van der Waals surface area contributed by atoms with Gasteiger partial charge in [-0.1, -0.05) is 12.1 Å². The predicted molar refractivity (Wildman–Crippen MR) is 69.9 cm³/mol. The van der Waals surface area contributed by atoms with Crippen LogP contribution in [0.2, 0.25) is 0 Å². The van der Waals surface area contributed by atoms with Crippen LogP contribution in [0.3, 0.4) is 0 Å². The molecule has 6 heteroatoms. The van der Waals surface area contributed by atoms with E-state index in [1.165, 1.54) is 0 Å². The molecule has 1 amide bonds. The minimum Gasteiger partial charge on any atom is -0.480 e. The van der Waals surface area contributed by atoms with Crippen LogP contribution in [0.25, 0.3) is 0 Å². The lowest BCUT2D eigenvalue weighted by atomic mass is 10.2. The van der Waals surface area contributed by atoms with E-state index in [1.807, 2.05) is 12.1 Å². The lowest BCUT2D eigenvalue weighted by Gasteiger charge is -2.06. The van der Waals surface area contributed by atoms with Crippen LogP contribution in [0.5, 0.6) is 0 Å². The summed E-state index contributed by atoms with van der Waals surface area (Å²) in [5.41, 5.74) is 0.603. The molecule has 2 N–H and O–H groups in total. The summed E-state index contributed by atoms with van der Waals surface area (Å²) in [4.78, 5) is 21.8. The standard InChI is InChI=1S/C11H12INO4/c12-9-4-2-1-3-8(9)11(16)13-5-6-17-7-10(14)15/h1-4H,5-7H2,(H,13,16)(H,14,15). The monoisotopic (exact) mass is 349 g/mol. The van der Waals surface area contributed by atoms with Crippen molar-refractivity contribution in [3.8, 4) is 0 Å². The lowest BCUT2D eigenvalue weighted by molar-refractivity contribution is -0.142. The number of carboxylic acid groups (broad SMARTS) is 1. The van der Waals surface area contributed by atoms with Gasteiger partial charge >= 0.3 is 5.97 Å². The van der Waals surface area contributed by atoms with Crippen LogP contribution >= 0.6 is 22.6 Å². The Morgan fingerprint density at radius 2 is 2.06 bits per heavy atom. The van der Waals surface area contributed by atoms with E-state index in [9.17, 15) is 9.59 Å². The van der Waals surface area contributed by atoms with E-state index in [1.54, 1.807) is 12.1 Å². The van der Waals surface area contributed by atoms with Gasteiger partial charge in [-0.05, 0) is 34.7 Å². The Balaban J connectivity index is 2.31. The average Bonchev–Trinajstić information content (AvgIpc) is 2.28. The predicted octanol–water partition coefficient (Wildman–Crippen LogP) is 1.12. The molecule has 0 unspecified atom stereocenters. The molecule has 0 aliphatic rings. The number of rotatable bonds is 6. The summed E-state index contributed by atoms with van der Waals surface area (Å²) in [5.74, 6) is -1.21. The highest BCUT2D eigenvalue weighted by atomic mass is 127. The first-order valence-corrected chi connectivity index (χ1v) is 6.01. The van der Waals surface area contributed by atoms with E-state index >= 15 is 0 Å². The third-order valence-electron chi connectivity index (χ3n) is 1.88. The molecular weight excluding hydrogens is 337 g/mol. The second-order valence-corrected chi connectivity index (χ2v) is 4.34. The number of carbonyl (C=O) groups is 2. The molecule has 0 aliphatic heterocycles. The minimum absolute atomic E-state index is 0.182. The van der Waals surface area contributed by atoms with Crippen LogP contribution in [0.4, 0.5) is 0 Å². The molecule has 1 aromatic carbocycles. The van der Waals surface area contributed by atoms with Gasteiger partial charge in [-0.25, -0.2) is 4.79 Å². The van der Waals surface area contributed by atoms with Gasteiger partial charge in [0.05, 0.1) is 12.2 Å². The molecular formula is C11H12INO4. The number of carbonyl (C=O) groups excluding carboxylic acids is 1. The number of ether oxygens (including phenoxy) is 1. The first kappa shape index (κ1) is 13.9. The van der Waals surface area contributed by atoms with Gasteiger partial charge < -0.3 is 15.2 Å². The fraction of sp³-hybridized carbons (Fsp3) is 0.273. The Kier molecular flexibility index (Phi) is 5.92. The van der Waals surface area contributed by atoms with Crippen molar-refractivity contribution in [1.29, 1.82) is 0 Å². The van der Waals surface area contributed by atoms with E-state index in [0.29, 0.717) is 5.56 Å². The average molecular weight is 349 g/mol. The highest BCUT2D eigenvalue weighted by Crippen LogP contribution is 2.10. The van der Waals surface area contributed by atoms with Crippen LogP contribution in [0, 0.1) is 3.57 Å². The van der Waals surface area contributed by atoms with E-state index < -0.39 is 5.97 Å². The van der Waals surface area contributed by atoms with Crippen molar-refractivity contribution in [2.24, 2.45) is 0 Å². The van der Waals surface area contributed by atoms with E-state index in [0.717, 1.165) is 3.57 Å². The van der Waals surface area contributed by atoms with Gasteiger partial charge in [0, 0.05) is 10.1 Å². The molecule has 0 heterocycles. The first-order valence-electron chi connectivity index (χ1n) is 4.93. The van der Waals surface area contributed by atoms with Crippen LogP contribution in [-0.4, -0.2) is 36.7 Å². The van der Waals surface area contributed by atoms with Crippen molar-refractivity contribution in [1.82, 2.24) is 5.32 Å². The SMILES string of the molecule is O=C(O)COCCNC(=O)c1ccccc1I. The molecule has 0 atom stereocenters. The number of hydrogen-bond donors (Lipinski definition) is 2. The van der Waals surface area contributed by atoms with Crippen molar-refractivity contribution < 1.29 is 19.4 Å². The summed E-state index contributed by atoms with van der Waals surface area (Å²) >= 11 is 2.08. The second kappa shape index (κ2) is 7.23. The molecule has 17 heavy (non-hydrogen) atoms. The summed E-state index contributed by atoms with van der Waals surface area (Å²) in [5, 5.41) is 11.0. The van der Waals surface area contributed by atoms with Gasteiger partial charge in [-0.3, -0.25) is 4.79 Å². The lowest BCUT2D eigenvalue weighted by Crippen LogP contribution is -2.28. The Labute approximate surface area is 112 Å². The number of aliphatic carboxylic acids is 1. The molecule has 0 bridgehead atoms. The molecule has 0 spiro atoms. The van der Waals surface area contributed by atoms with Gasteiger partial charge in [0.1, 0.15) is 6.61 Å². The summed E-state index contributed by atoms with van der Waals surface area (Å²) < 4.78 is 5.66. The van der Waals surface area contributed by atoms with E-state index in [-0.39, 0.29) is 25.7 Å². The first-order chi connectivity index (χ1) is 8.11. The van der Waals surface area contributed by atoms with Gasteiger partial charge in [0.2, 0.25) is 0 Å². The number of nitrogens with one attached hydrogen (secondary N) is 1. The maximum atomic E-state index is 11.7.